The maximum Gasteiger partial charge on any atom is 0.220 e. The molecule has 2 rings (SSSR count). The third-order valence-electron chi connectivity index (χ3n) is 2.45. The highest BCUT2D eigenvalue weighted by atomic mass is 16.2. The van der Waals surface area contributed by atoms with Crippen molar-refractivity contribution in [1.82, 2.24) is 5.32 Å². The van der Waals surface area contributed by atoms with E-state index < -0.39 is 0 Å². The minimum absolute atomic E-state index is 0.268. The minimum atomic E-state index is 0.268. The molecule has 1 aliphatic heterocycles. The molecule has 2 aliphatic rings. The maximum atomic E-state index is 10.7. The van der Waals surface area contributed by atoms with E-state index in [1.807, 2.05) is 0 Å². The van der Waals surface area contributed by atoms with Crippen molar-refractivity contribution in [2.45, 2.75) is 31.7 Å². The Morgan fingerprint density at radius 2 is 2.33 bits per heavy atom. The van der Waals surface area contributed by atoms with Gasteiger partial charge in [-0.3, -0.25) is 4.79 Å². The first-order valence-corrected chi connectivity index (χ1v) is 3.65. The molecule has 0 unspecified atom stereocenters. The van der Waals surface area contributed by atoms with Crippen molar-refractivity contribution in [3.8, 4) is 0 Å². The van der Waals surface area contributed by atoms with Gasteiger partial charge in [-0.15, -0.1) is 0 Å². The Bertz CT molecular complexity index is 130. The molecule has 0 aromatic heterocycles. The average molecular weight is 125 g/mol. The van der Waals surface area contributed by atoms with Crippen molar-refractivity contribution in [1.29, 1.82) is 0 Å². The van der Waals surface area contributed by atoms with Crippen LogP contribution < -0.4 is 5.32 Å². The van der Waals surface area contributed by atoms with Crippen molar-refractivity contribution < 1.29 is 4.79 Å². The normalized spacial score (nSPS) is 40.7. The highest BCUT2D eigenvalue weighted by molar-refractivity contribution is 5.79. The van der Waals surface area contributed by atoms with Crippen LogP contribution in [-0.2, 0) is 4.79 Å². The second-order valence-electron chi connectivity index (χ2n) is 3.07. The molecule has 1 saturated carbocycles. The number of fused-ring (bicyclic) bond motifs is 1. The second-order valence-corrected chi connectivity index (χ2v) is 3.07. The lowest BCUT2D eigenvalue weighted by molar-refractivity contribution is -0.119. The molecule has 1 aliphatic carbocycles. The van der Waals surface area contributed by atoms with Crippen molar-refractivity contribution in [2.24, 2.45) is 5.92 Å². The van der Waals surface area contributed by atoms with Crippen LogP contribution >= 0.6 is 0 Å². The summed E-state index contributed by atoms with van der Waals surface area (Å²) in [5.74, 6) is 0.960. The third kappa shape index (κ3) is 0.732. The van der Waals surface area contributed by atoms with E-state index >= 15 is 0 Å². The zero-order valence-corrected chi connectivity index (χ0v) is 5.39. The van der Waals surface area contributed by atoms with Crippen molar-refractivity contribution >= 4 is 5.91 Å². The van der Waals surface area contributed by atoms with E-state index in [0.717, 1.165) is 6.42 Å². The lowest BCUT2D eigenvalue weighted by Crippen LogP contribution is -2.25. The Morgan fingerprint density at radius 1 is 1.44 bits per heavy atom. The van der Waals surface area contributed by atoms with Gasteiger partial charge in [-0.2, -0.15) is 0 Å². The Hall–Kier alpha value is -0.530. The number of nitrogens with one attached hydrogen (secondary N) is 1. The molecule has 0 bridgehead atoms. The molecule has 1 amide bonds. The minimum Gasteiger partial charge on any atom is -0.353 e. The predicted molar refractivity (Wildman–Crippen MR) is 33.9 cm³/mol. The van der Waals surface area contributed by atoms with Gasteiger partial charge in [0, 0.05) is 12.5 Å². The smallest absolute Gasteiger partial charge is 0.220 e. The summed E-state index contributed by atoms with van der Waals surface area (Å²) in [7, 11) is 0. The first-order chi connectivity index (χ1) is 4.36. The monoisotopic (exact) mass is 125 g/mol. The van der Waals surface area contributed by atoms with Gasteiger partial charge in [-0.1, -0.05) is 6.42 Å². The standard InChI is InChI=1S/C7H11NO/c9-7-4-5-2-1-3-6(5)8-7/h5-6H,1-4H2,(H,8,9)/t5-,6-/m0/s1. The topological polar surface area (TPSA) is 29.1 Å². The van der Waals surface area contributed by atoms with E-state index in [0.29, 0.717) is 12.0 Å². The fraction of sp³-hybridized carbons (Fsp3) is 0.857. The van der Waals surface area contributed by atoms with E-state index in [2.05, 4.69) is 5.32 Å². The molecular weight excluding hydrogens is 114 g/mol. The lowest BCUT2D eigenvalue weighted by atomic mass is 10.1. The molecule has 2 nitrogen and oxygen atoms in total. The highest BCUT2D eigenvalue weighted by Crippen LogP contribution is 2.32. The molecule has 0 aromatic carbocycles. The Balaban J connectivity index is 2.09. The zero-order chi connectivity index (χ0) is 6.27. The SMILES string of the molecule is O=C1C[C@@H]2CCC[C@@H]2N1. The van der Waals surface area contributed by atoms with E-state index in [4.69, 9.17) is 0 Å². The Kier molecular flexibility index (Phi) is 1.01. The summed E-state index contributed by atoms with van der Waals surface area (Å²) in [4.78, 5) is 10.7. The van der Waals surface area contributed by atoms with Gasteiger partial charge in [-0.05, 0) is 18.8 Å². The average Bonchev–Trinajstić information content (AvgIpc) is 2.22. The summed E-state index contributed by atoms with van der Waals surface area (Å²) in [5.41, 5.74) is 0. The van der Waals surface area contributed by atoms with Gasteiger partial charge in [0.15, 0.2) is 0 Å². The van der Waals surface area contributed by atoms with Crippen molar-refractivity contribution in [2.75, 3.05) is 0 Å². The van der Waals surface area contributed by atoms with Crippen LogP contribution in [0.3, 0.4) is 0 Å². The van der Waals surface area contributed by atoms with Gasteiger partial charge in [-0.25, -0.2) is 0 Å². The van der Waals surface area contributed by atoms with Gasteiger partial charge in [0.25, 0.3) is 0 Å². The molecular formula is C7H11NO. The molecule has 1 saturated heterocycles. The largest absolute Gasteiger partial charge is 0.353 e. The van der Waals surface area contributed by atoms with Gasteiger partial charge in [0.2, 0.25) is 5.91 Å². The van der Waals surface area contributed by atoms with Crippen LogP contribution in [-0.4, -0.2) is 11.9 Å². The van der Waals surface area contributed by atoms with Gasteiger partial charge < -0.3 is 5.32 Å². The summed E-state index contributed by atoms with van der Waals surface area (Å²) in [6.45, 7) is 0. The van der Waals surface area contributed by atoms with Crippen LogP contribution in [0, 0.1) is 5.92 Å². The molecule has 50 valence electrons. The van der Waals surface area contributed by atoms with Crippen LogP contribution in [0.4, 0.5) is 0 Å². The summed E-state index contributed by atoms with van der Waals surface area (Å²) in [5, 5.41) is 2.98. The number of carbonyl (C=O) groups is 1. The first kappa shape index (κ1) is 5.27. The van der Waals surface area contributed by atoms with Crippen LogP contribution in [0.2, 0.25) is 0 Å². The fourth-order valence-corrected chi connectivity index (χ4v) is 1.98. The summed E-state index contributed by atoms with van der Waals surface area (Å²) < 4.78 is 0. The lowest BCUT2D eigenvalue weighted by Gasteiger charge is -2.04. The van der Waals surface area contributed by atoms with E-state index in [1.165, 1.54) is 19.3 Å². The van der Waals surface area contributed by atoms with Gasteiger partial charge in [0.05, 0.1) is 0 Å². The number of rotatable bonds is 0. The van der Waals surface area contributed by atoms with Crippen molar-refractivity contribution in [3.63, 3.8) is 0 Å². The van der Waals surface area contributed by atoms with E-state index in [9.17, 15) is 4.79 Å². The molecule has 2 atom stereocenters. The molecule has 0 spiro atoms. The molecule has 9 heavy (non-hydrogen) atoms. The number of hydrogen-bond acceptors (Lipinski definition) is 1. The quantitative estimate of drug-likeness (QED) is 0.506. The Labute approximate surface area is 54.6 Å². The zero-order valence-electron chi connectivity index (χ0n) is 5.39. The van der Waals surface area contributed by atoms with Crippen LogP contribution in [0.5, 0.6) is 0 Å². The molecule has 1 N–H and O–H groups in total. The summed E-state index contributed by atoms with van der Waals surface area (Å²) in [6, 6.07) is 0.553. The number of carbonyl (C=O) groups excluding carboxylic acids is 1. The molecule has 0 radical (unpaired) electrons. The van der Waals surface area contributed by atoms with Gasteiger partial charge >= 0.3 is 0 Å². The first-order valence-electron chi connectivity index (χ1n) is 3.65. The Morgan fingerprint density at radius 3 is 3.11 bits per heavy atom. The van der Waals surface area contributed by atoms with E-state index in [-0.39, 0.29) is 5.91 Å². The second kappa shape index (κ2) is 1.72. The van der Waals surface area contributed by atoms with Crippen molar-refractivity contribution in [3.05, 3.63) is 0 Å². The third-order valence-corrected chi connectivity index (χ3v) is 2.45. The fourth-order valence-electron chi connectivity index (χ4n) is 1.98. The number of amides is 1. The van der Waals surface area contributed by atoms with Crippen LogP contribution in [0.1, 0.15) is 25.7 Å². The molecule has 1 heterocycles. The maximum absolute atomic E-state index is 10.7. The summed E-state index contributed by atoms with van der Waals surface area (Å²) >= 11 is 0. The van der Waals surface area contributed by atoms with Crippen LogP contribution in [0.15, 0.2) is 0 Å². The van der Waals surface area contributed by atoms with Gasteiger partial charge in [0.1, 0.15) is 0 Å². The molecule has 2 fully saturated rings. The highest BCUT2D eigenvalue weighted by Gasteiger charge is 2.35. The van der Waals surface area contributed by atoms with Crippen LogP contribution in [0.25, 0.3) is 0 Å². The van der Waals surface area contributed by atoms with E-state index in [1.54, 1.807) is 0 Å². The molecule has 0 aromatic rings. The predicted octanol–water partition coefficient (Wildman–Crippen LogP) is 0.675. The number of hydrogen-bond donors (Lipinski definition) is 1. The molecule has 2 heteroatoms. The summed E-state index contributed by atoms with van der Waals surface area (Å²) in [6.07, 6.45) is 4.60.